The lowest BCUT2D eigenvalue weighted by Crippen LogP contribution is -2.45. The summed E-state index contributed by atoms with van der Waals surface area (Å²) in [4.78, 5) is 53.3. The van der Waals surface area contributed by atoms with Crippen molar-refractivity contribution in [2.24, 2.45) is 11.8 Å². The van der Waals surface area contributed by atoms with Gasteiger partial charge in [-0.25, -0.2) is 13.2 Å². The van der Waals surface area contributed by atoms with Gasteiger partial charge in [0, 0.05) is 19.1 Å². The normalized spacial score (nSPS) is 19.1. The highest BCUT2D eigenvalue weighted by Crippen LogP contribution is 2.25. The Morgan fingerprint density at radius 1 is 1.09 bits per heavy atom. The molecule has 1 atom stereocenters. The zero-order valence-electron chi connectivity index (χ0n) is 20.1. The molecule has 0 aliphatic carbocycles. The molecule has 1 aromatic carbocycles. The van der Waals surface area contributed by atoms with Crippen molar-refractivity contribution in [3.63, 3.8) is 0 Å². The molecule has 0 bridgehead atoms. The summed E-state index contributed by atoms with van der Waals surface area (Å²) < 4.78 is 28.9. The average molecular weight is 493 g/mol. The highest BCUT2D eigenvalue weighted by atomic mass is 32.2. The summed E-state index contributed by atoms with van der Waals surface area (Å²) in [5, 5.41) is 0. The molecule has 10 heteroatoms. The van der Waals surface area contributed by atoms with Crippen LogP contribution in [-0.2, 0) is 19.4 Å². The van der Waals surface area contributed by atoms with E-state index < -0.39 is 40.3 Å². The summed E-state index contributed by atoms with van der Waals surface area (Å²) in [7, 11) is -3.18. The van der Waals surface area contributed by atoms with E-state index in [0.29, 0.717) is 31.8 Å². The maximum absolute atomic E-state index is 12.8. The molecule has 2 aliphatic heterocycles. The quantitative estimate of drug-likeness (QED) is 0.383. The number of rotatable bonds is 9. The van der Waals surface area contributed by atoms with Crippen LogP contribution in [0.2, 0.25) is 0 Å². The molecule has 0 saturated carbocycles. The van der Waals surface area contributed by atoms with E-state index in [1.54, 1.807) is 0 Å². The van der Waals surface area contributed by atoms with E-state index in [-0.39, 0.29) is 40.0 Å². The number of hydrogen-bond acceptors (Lipinski definition) is 7. The predicted molar refractivity (Wildman–Crippen MR) is 125 cm³/mol. The highest BCUT2D eigenvalue weighted by Gasteiger charge is 2.37. The Bertz CT molecular complexity index is 1090. The van der Waals surface area contributed by atoms with Crippen LogP contribution in [0.1, 0.15) is 71.6 Å². The van der Waals surface area contributed by atoms with Crippen LogP contribution in [0.25, 0.3) is 0 Å². The Balaban J connectivity index is 1.67. The zero-order valence-corrected chi connectivity index (χ0v) is 20.9. The predicted octanol–water partition coefficient (Wildman–Crippen LogP) is 2.16. The van der Waals surface area contributed by atoms with Gasteiger partial charge >= 0.3 is 5.97 Å². The Kier molecular flexibility index (Phi) is 7.80. The summed E-state index contributed by atoms with van der Waals surface area (Å²) in [5.74, 6) is -1.70. The second-order valence-corrected chi connectivity index (χ2v) is 12.0. The molecular weight excluding hydrogens is 460 g/mol. The largest absolute Gasteiger partial charge is 0.452 e. The van der Waals surface area contributed by atoms with Crippen LogP contribution in [0, 0.1) is 11.8 Å². The topological polar surface area (TPSA) is 118 Å². The Morgan fingerprint density at radius 2 is 1.76 bits per heavy atom. The fourth-order valence-corrected chi connectivity index (χ4v) is 5.90. The molecule has 3 amide bonds. The lowest BCUT2D eigenvalue weighted by atomic mass is 10.1. The molecule has 2 heterocycles. The van der Waals surface area contributed by atoms with Gasteiger partial charge in [-0.1, -0.05) is 27.7 Å². The average Bonchev–Trinajstić information content (AvgIpc) is 3.24. The van der Waals surface area contributed by atoms with Crippen molar-refractivity contribution in [2.45, 2.75) is 46.6 Å². The van der Waals surface area contributed by atoms with Crippen molar-refractivity contribution >= 4 is 33.5 Å². The Hall–Kier alpha value is -2.75. The van der Waals surface area contributed by atoms with E-state index in [1.807, 2.05) is 27.7 Å². The second kappa shape index (κ2) is 10.2. The van der Waals surface area contributed by atoms with E-state index in [4.69, 9.17) is 4.74 Å². The molecule has 0 aromatic heterocycles. The number of amides is 3. The summed E-state index contributed by atoms with van der Waals surface area (Å²) in [6, 6.07) is 3.72. The number of sulfone groups is 1. The molecule has 1 fully saturated rings. The molecule has 1 saturated heterocycles. The minimum absolute atomic E-state index is 0.0371. The summed E-state index contributed by atoms with van der Waals surface area (Å²) in [6.07, 6.45) is 1.04. The molecule has 0 radical (unpaired) electrons. The highest BCUT2D eigenvalue weighted by molar-refractivity contribution is 7.91. The molecule has 1 aromatic rings. The Morgan fingerprint density at radius 3 is 2.35 bits per heavy atom. The SMILES string of the molecule is CC(C)CCN1C(=O)c2ccc(C(=O)OCC(=O)N(CC(C)C)[C@H]3CCS(=O)(=O)C3)cc2C1=O. The van der Waals surface area contributed by atoms with E-state index in [9.17, 15) is 27.6 Å². The number of nitrogens with zero attached hydrogens (tertiary/aromatic N) is 2. The van der Waals surface area contributed by atoms with Gasteiger partial charge in [0.2, 0.25) is 0 Å². The standard InChI is InChI=1S/C24H32N2O7S/c1-15(2)7-9-25-22(28)19-6-5-17(11-20(19)23(25)29)24(30)33-13-21(27)26(12-16(3)4)18-8-10-34(31,32)14-18/h5-6,11,15-16,18H,7-10,12-14H2,1-4H3/t18-/m0/s1. The molecule has 2 aliphatic rings. The summed E-state index contributed by atoms with van der Waals surface area (Å²) in [5.41, 5.74) is 0.455. The van der Waals surface area contributed by atoms with Gasteiger partial charge in [0.25, 0.3) is 17.7 Å². The van der Waals surface area contributed by atoms with Crippen molar-refractivity contribution in [1.29, 1.82) is 0 Å². The monoisotopic (exact) mass is 492 g/mol. The van der Waals surface area contributed by atoms with Gasteiger partial charge in [-0.3, -0.25) is 19.3 Å². The third-order valence-corrected chi connectivity index (χ3v) is 7.74. The van der Waals surface area contributed by atoms with Crippen LogP contribution in [0.15, 0.2) is 18.2 Å². The lowest BCUT2D eigenvalue weighted by Gasteiger charge is -2.29. The third-order valence-electron chi connectivity index (χ3n) is 5.99. The summed E-state index contributed by atoms with van der Waals surface area (Å²) >= 11 is 0. The fraction of sp³-hybridized carbons (Fsp3) is 0.583. The van der Waals surface area contributed by atoms with E-state index in [2.05, 4.69) is 0 Å². The zero-order chi connectivity index (χ0) is 25.2. The molecular formula is C24H32N2O7S. The van der Waals surface area contributed by atoms with Gasteiger partial charge in [-0.2, -0.15) is 0 Å². The Labute approximate surface area is 200 Å². The lowest BCUT2D eigenvalue weighted by molar-refractivity contribution is -0.137. The molecule has 34 heavy (non-hydrogen) atoms. The van der Waals surface area contributed by atoms with Gasteiger partial charge in [-0.15, -0.1) is 0 Å². The number of carbonyl (C=O) groups is 4. The van der Waals surface area contributed by atoms with Crippen LogP contribution in [-0.4, -0.2) is 79.2 Å². The third kappa shape index (κ3) is 5.84. The van der Waals surface area contributed by atoms with Gasteiger partial charge < -0.3 is 9.64 Å². The van der Waals surface area contributed by atoms with Crippen molar-refractivity contribution in [3.8, 4) is 0 Å². The van der Waals surface area contributed by atoms with Crippen LogP contribution in [0.5, 0.6) is 0 Å². The number of imide groups is 1. The molecule has 186 valence electrons. The number of ether oxygens (including phenoxy) is 1. The first-order valence-corrected chi connectivity index (χ1v) is 13.4. The van der Waals surface area contributed by atoms with Gasteiger partial charge in [0.15, 0.2) is 16.4 Å². The second-order valence-electron chi connectivity index (χ2n) is 9.78. The maximum atomic E-state index is 12.8. The number of hydrogen-bond donors (Lipinski definition) is 0. The first kappa shape index (κ1) is 25.9. The van der Waals surface area contributed by atoms with Crippen LogP contribution >= 0.6 is 0 Å². The number of esters is 1. The molecule has 3 rings (SSSR count). The van der Waals surface area contributed by atoms with E-state index >= 15 is 0 Å². The van der Waals surface area contributed by atoms with Crippen molar-refractivity contribution < 1.29 is 32.3 Å². The molecule has 0 N–H and O–H groups in total. The minimum atomic E-state index is -3.18. The molecule has 0 spiro atoms. The molecule has 0 unspecified atom stereocenters. The van der Waals surface area contributed by atoms with Crippen molar-refractivity contribution in [1.82, 2.24) is 9.80 Å². The number of carbonyl (C=O) groups excluding carboxylic acids is 4. The fourth-order valence-electron chi connectivity index (χ4n) is 4.17. The van der Waals surface area contributed by atoms with Crippen LogP contribution in [0.3, 0.4) is 0 Å². The van der Waals surface area contributed by atoms with Crippen molar-refractivity contribution in [3.05, 3.63) is 34.9 Å². The smallest absolute Gasteiger partial charge is 0.338 e. The first-order valence-electron chi connectivity index (χ1n) is 11.6. The van der Waals surface area contributed by atoms with Crippen LogP contribution < -0.4 is 0 Å². The number of benzene rings is 1. The van der Waals surface area contributed by atoms with Crippen molar-refractivity contribution in [2.75, 3.05) is 31.2 Å². The molecule has 9 nitrogen and oxygen atoms in total. The number of fused-ring (bicyclic) bond motifs is 1. The minimum Gasteiger partial charge on any atom is -0.452 e. The maximum Gasteiger partial charge on any atom is 0.338 e. The first-order chi connectivity index (χ1) is 15.9. The van der Waals surface area contributed by atoms with E-state index in [1.165, 1.54) is 28.0 Å². The van der Waals surface area contributed by atoms with Gasteiger partial charge in [-0.05, 0) is 42.9 Å². The van der Waals surface area contributed by atoms with Gasteiger partial charge in [0.1, 0.15) is 0 Å². The summed E-state index contributed by atoms with van der Waals surface area (Å²) in [6.45, 7) is 7.97. The van der Waals surface area contributed by atoms with Gasteiger partial charge in [0.05, 0.1) is 28.2 Å². The van der Waals surface area contributed by atoms with E-state index in [0.717, 1.165) is 0 Å². The van der Waals surface area contributed by atoms with Crippen LogP contribution in [0.4, 0.5) is 0 Å².